The fraction of sp³-hybridized carbons (Fsp3) is 0.222. The van der Waals surface area contributed by atoms with E-state index in [9.17, 15) is 29.3 Å². The molecular weight excluding hydrogens is 614 g/mol. The van der Waals surface area contributed by atoms with Crippen LogP contribution in [0.1, 0.15) is 60.7 Å². The summed E-state index contributed by atoms with van der Waals surface area (Å²) in [7, 11) is 1.57. The van der Waals surface area contributed by atoms with Gasteiger partial charge in [-0.3, -0.25) is 39.1 Å². The van der Waals surface area contributed by atoms with Gasteiger partial charge in [0.25, 0.3) is 29.3 Å². The topological polar surface area (TPSA) is 179 Å². The summed E-state index contributed by atoms with van der Waals surface area (Å²) < 4.78 is 5.41. The van der Waals surface area contributed by atoms with Crippen molar-refractivity contribution in [3.05, 3.63) is 105 Å². The number of carbonyl (C=O) groups is 4. The van der Waals surface area contributed by atoms with Crippen LogP contribution in [0.2, 0.25) is 0 Å². The van der Waals surface area contributed by atoms with Gasteiger partial charge in [0.2, 0.25) is 0 Å². The lowest BCUT2D eigenvalue weighted by Gasteiger charge is -2.28. The van der Waals surface area contributed by atoms with Gasteiger partial charge in [0.05, 0.1) is 28.7 Å². The molecule has 12 heteroatoms. The maximum absolute atomic E-state index is 13.7. The highest BCUT2D eigenvalue weighted by molar-refractivity contribution is 6.30. The van der Waals surface area contributed by atoms with Gasteiger partial charge in [-0.2, -0.15) is 0 Å². The molecule has 2 aliphatic heterocycles. The van der Waals surface area contributed by atoms with Gasteiger partial charge in [-0.25, -0.2) is 0 Å². The van der Waals surface area contributed by atoms with Crippen molar-refractivity contribution in [2.75, 3.05) is 20.2 Å². The van der Waals surface area contributed by atoms with Crippen molar-refractivity contribution in [2.45, 2.75) is 31.3 Å². The van der Waals surface area contributed by atoms with Crippen LogP contribution in [0, 0.1) is 10.1 Å². The number of carbonyl (C=O) groups excluding carboxylic acids is 4. The van der Waals surface area contributed by atoms with Crippen LogP contribution in [-0.4, -0.2) is 70.6 Å². The molecule has 2 heterocycles. The van der Waals surface area contributed by atoms with Crippen LogP contribution in [0.15, 0.2) is 72.8 Å². The van der Waals surface area contributed by atoms with Crippen molar-refractivity contribution in [3.63, 3.8) is 0 Å². The minimum absolute atomic E-state index is 0.00566. The highest BCUT2D eigenvalue weighted by atomic mass is 16.6. The summed E-state index contributed by atoms with van der Waals surface area (Å²) in [5, 5.41) is 15.6. The number of nitrogens with zero attached hydrogens (tertiary/aromatic N) is 3. The van der Waals surface area contributed by atoms with Crippen LogP contribution >= 0.6 is 0 Å². The second kappa shape index (κ2) is 11.8. The van der Waals surface area contributed by atoms with E-state index < -0.39 is 28.8 Å². The van der Waals surface area contributed by atoms with Gasteiger partial charge in [-0.05, 0) is 65.1 Å². The van der Waals surface area contributed by atoms with Gasteiger partial charge in [-0.1, -0.05) is 36.4 Å². The molecule has 2 unspecified atom stereocenters. The van der Waals surface area contributed by atoms with Gasteiger partial charge >= 0.3 is 0 Å². The number of nitro groups is 1. The van der Waals surface area contributed by atoms with E-state index in [0.717, 1.165) is 21.1 Å². The molecule has 0 spiro atoms. The number of amides is 4. The molecule has 0 saturated heterocycles. The van der Waals surface area contributed by atoms with E-state index in [1.165, 1.54) is 17.0 Å². The number of nitrogens with two attached hydrogens (primary N) is 2. The van der Waals surface area contributed by atoms with E-state index in [1.807, 2.05) is 36.4 Å². The number of hydrogen-bond donors (Lipinski definition) is 2. The Morgan fingerprint density at radius 2 is 1.33 bits per heavy atom. The molecule has 5 aromatic rings. The molecule has 4 amide bonds. The molecule has 7 rings (SSSR count). The van der Waals surface area contributed by atoms with E-state index in [-0.39, 0.29) is 42.6 Å². The molecule has 2 aliphatic rings. The first kappa shape index (κ1) is 30.9. The normalized spacial score (nSPS) is 15.5. The lowest BCUT2D eigenvalue weighted by Crippen LogP contribution is -2.43. The molecule has 48 heavy (non-hydrogen) atoms. The Balaban J connectivity index is 1.02. The van der Waals surface area contributed by atoms with Crippen LogP contribution < -0.4 is 16.2 Å². The van der Waals surface area contributed by atoms with E-state index in [2.05, 4.69) is 0 Å². The van der Waals surface area contributed by atoms with E-state index in [4.69, 9.17) is 16.2 Å². The third kappa shape index (κ3) is 5.02. The minimum atomic E-state index is -0.617. The standard InChI is InChI=1S/C36H31N5O7/c1-48-25-9-7-19-5-6-20-8-10-27-32(31(20)28(19)18-25)36(45)40(34(27)43)14-12-23(38)16-22(37)11-13-39-33(42)26-4-2-3-21-15-24(41(46)47)17-29(30(21)26)35(39)44/h2-10,15,17-18,22-23H,11-14,16,37-38H2,1H3. The smallest absolute Gasteiger partial charge is 0.270 e. The number of fused-ring (bicyclic) bond motifs is 5. The number of benzene rings is 5. The zero-order valence-electron chi connectivity index (χ0n) is 26.0. The first-order chi connectivity index (χ1) is 23.1. The average molecular weight is 646 g/mol. The van der Waals surface area contributed by atoms with Crippen LogP contribution in [0.4, 0.5) is 5.69 Å². The monoisotopic (exact) mass is 645 g/mol. The van der Waals surface area contributed by atoms with E-state index in [0.29, 0.717) is 51.4 Å². The lowest BCUT2D eigenvalue weighted by molar-refractivity contribution is -0.384. The molecule has 5 aromatic carbocycles. The predicted octanol–water partition coefficient (Wildman–Crippen LogP) is 4.78. The number of ether oxygens (including phenoxy) is 1. The molecule has 0 aromatic heterocycles. The van der Waals surface area contributed by atoms with Crippen LogP contribution in [0.3, 0.4) is 0 Å². The van der Waals surface area contributed by atoms with Crippen molar-refractivity contribution < 1.29 is 28.8 Å². The van der Waals surface area contributed by atoms with Crippen LogP contribution in [0.25, 0.3) is 32.3 Å². The number of hydrogen-bond acceptors (Lipinski definition) is 9. The van der Waals surface area contributed by atoms with Crippen molar-refractivity contribution >= 4 is 61.6 Å². The summed E-state index contributed by atoms with van der Waals surface area (Å²) in [5.41, 5.74) is 13.7. The molecule has 12 nitrogen and oxygen atoms in total. The second-order valence-corrected chi connectivity index (χ2v) is 12.3. The van der Waals surface area contributed by atoms with Gasteiger partial charge in [0.1, 0.15) is 5.75 Å². The Morgan fingerprint density at radius 1 is 0.708 bits per heavy atom. The first-order valence-electron chi connectivity index (χ1n) is 15.6. The number of nitro benzene ring substituents is 1. The average Bonchev–Trinajstić information content (AvgIpc) is 3.33. The highest BCUT2D eigenvalue weighted by Crippen LogP contribution is 2.37. The van der Waals surface area contributed by atoms with E-state index >= 15 is 0 Å². The summed E-state index contributed by atoms with van der Waals surface area (Å²) >= 11 is 0. The zero-order chi connectivity index (χ0) is 33.9. The zero-order valence-corrected chi connectivity index (χ0v) is 26.0. The number of methoxy groups -OCH3 is 1. The molecular formula is C36H31N5O7. The second-order valence-electron chi connectivity index (χ2n) is 12.3. The summed E-state index contributed by atoms with van der Waals surface area (Å²) in [6, 6.07) is 19.4. The quantitative estimate of drug-likeness (QED) is 0.0935. The van der Waals surface area contributed by atoms with Crippen molar-refractivity contribution in [2.24, 2.45) is 11.5 Å². The Hall–Kier alpha value is -5.72. The molecule has 0 radical (unpaired) electrons. The maximum atomic E-state index is 13.7. The molecule has 0 aliphatic carbocycles. The lowest BCUT2D eigenvalue weighted by atomic mass is 9.93. The van der Waals surface area contributed by atoms with Crippen molar-refractivity contribution in [3.8, 4) is 5.75 Å². The molecule has 0 fully saturated rings. The molecule has 242 valence electrons. The first-order valence-corrected chi connectivity index (χ1v) is 15.6. The maximum Gasteiger partial charge on any atom is 0.270 e. The van der Waals surface area contributed by atoms with E-state index in [1.54, 1.807) is 31.4 Å². The molecule has 0 saturated carbocycles. The molecule has 2 atom stereocenters. The summed E-state index contributed by atoms with van der Waals surface area (Å²) in [6.07, 6.45) is 0.845. The Morgan fingerprint density at radius 3 is 2.04 bits per heavy atom. The Bertz CT molecular complexity index is 2230. The summed E-state index contributed by atoms with van der Waals surface area (Å²) in [5.74, 6) is -1.24. The SMILES string of the molecule is COc1ccc2ccc3ccc4c(c3c2c1)C(=O)N(CCC(N)CC(N)CCN1C(=O)c2cccc3cc([N+](=O)[O-])cc(c23)C1=O)C4=O. The largest absolute Gasteiger partial charge is 0.497 e. The molecule has 0 bridgehead atoms. The van der Waals surface area contributed by atoms with Gasteiger partial charge in [0.15, 0.2) is 0 Å². The Labute approximate surface area is 274 Å². The fourth-order valence-corrected chi connectivity index (χ4v) is 6.89. The summed E-state index contributed by atoms with van der Waals surface area (Å²) in [6.45, 7) is 0.0901. The minimum Gasteiger partial charge on any atom is -0.497 e. The summed E-state index contributed by atoms with van der Waals surface area (Å²) in [4.78, 5) is 66.9. The highest BCUT2D eigenvalue weighted by Gasteiger charge is 2.38. The van der Waals surface area contributed by atoms with Crippen LogP contribution in [0.5, 0.6) is 5.75 Å². The van der Waals surface area contributed by atoms with Gasteiger partial charge < -0.3 is 16.2 Å². The third-order valence-electron chi connectivity index (χ3n) is 9.32. The van der Waals surface area contributed by atoms with Crippen LogP contribution in [-0.2, 0) is 0 Å². The predicted molar refractivity (Wildman–Crippen MR) is 179 cm³/mol. The Kier molecular flexibility index (Phi) is 7.61. The van der Waals surface area contributed by atoms with Gasteiger partial charge in [-0.15, -0.1) is 0 Å². The van der Waals surface area contributed by atoms with Crippen molar-refractivity contribution in [1.29, 1.82) is 0 Å². The van der Waals surface area contributed by atoms with Crippen molar-refractivity contribution in [1.82, 2.24) is 9.80 Å². The number of imide groups is 2. The van der Waals surface area contributed by atoms with Gasteiger partial charge in [0, 0.05) is 53.6 Å². The number of non-ortho nitro benzene ring substituents is 1. The fourth-order valence-electron chi connectivity index (χ4n) is 6.89. The number of rotatable bonds is 10. The molecule has 4 N–H and O–H groups in total. The third-order valence-corrected chi connectivity index (χ3v) is 9.32.